The summed E-state index contributed by atoms with van der Waals surface area (Å²) in [6.07, 6.45) is 0.927. The number of piperazine rings is 1. The molecule has 1 aromatic rings. The fourth-order valence-electron chi connectivity index (χ4n) is 2.85. The van der Waals surface area contributed by atoms with Gasteiger partial charge in [-0.2, -0.15) is 0 Å². The third-order valence-corrected chi connectivity index (χ3v) is 4.55. The Morgan fingerprint density at radius 2 is 1.77 bits per heavy atom. The first-order valence-electron chi connectivity index (χ1n) is 9.05. The van der Waals surface area contributed by atoms with Crippen molar-refractivity contribution in [1.82, 2.24) is 15.1 Å². The number of hydrogen-bond acceptors (Lipinski definition) is 4. The van der Waals surface area contributed by atoms with Crippen LogP contribution in [-0.4, -0.2) is 66.5 Å². The minimum atomic E-state index is -0.964. The third-order valence-electron chi connectivity index (χ3n) is 4.30. The summed E-state index contributed by atoms with van der Waals surface area (Å²) < 4.78 is 5.88. The van der Waals surface area contributed by atoms with Crippen molar-refractivity contribution in [2.75, 3.05) is 39.3 Å². The van der Waals surface area contributed by atoms with Crippen molar-refractivity contribution in [3.63, 3.8) is 0 Å². The SMILES string of the molecule is CCCNC(=O)CN1CCN(C(=O)C(C)(C)Oc2ccc(Cl)cc2)CC1. The fraction of sp³-hybridized carbons (Fsp3) is 0.579. The molecule has 2 amide bonds. The van der Waals surface area contributed by atoms with Crippen LogP contribution in [0, 0.1) is 0 Å². The van der Waals surface area contributed by atoms with Crippen LogP contribution in [0.4, 0.5) is 0 Å². The minimum absolute atomic E-state index is 0.0398. The molecule has 144 valence electrons. The van der Waals surface area contributed by atoms with Crippen LogP contribution in [0.2, 0.25) is 5.02 Å². The molecule has 0 atom stereocenters. The lowest BCUT2D eigenvalue weighted by molar-refractivity contribution is -0.147. The Morgan fingerprint density at radius 3 is 2.35 bits per heavy atom. The molecule has 0 unspecified atom stereocenters. The molecular weight excluding hydrogens is 354 g/mol. The number of rotatable bonds is 7. The molecule has 1 aromatic carbocycles. The van der Waals surface area contributed by atoms with Crippen molar-refractivity contribution in [1.29, 1.82) is 0 Å². The highest BCUT2D eigenvalue weighted by molar-refractivity contribution is 6.30. The second-order valence-corrected chi connectivity index (χ2v) is 7.42. The van der Waals surface area contributed by atoms with E-state index in [4.69, 9.17) is 16.3 Å². The molecular formula is C19H28ClN3O3. The Balaban J connectivity index is 1.84. The van der Waals surface area contributed by atoms with Gasteiger partial charge >= 0.3 is 0 Å². The molecule has 2 rings (SSSR count). The summed E-state index contributed by atoms with van der Waals surface area (Å²) in [7, 11) is 0. The van der Waals surface area contributed by atoms with E-state index in [9.17, 15) is 9.59 Å². The van der Waals surface area contributed by atoms with Crippen LogP contribution in [0.5, 0.6) is 5.75 Å². The first kappa shape index (κ1) is 20.5. The first-order chi connectivity index (χ1) is 12.3. The van der Waals surface area contributed by atoms with Crippen molar-refractivity contribution >= 4 is 23.4 Å². The van der Waals surface area contributed by atoms with Gasteiger partial charge < -0.3 is 15.0 Å². The van der Waals surface area contributed by atoms with E-state index in [2.05, 4.69) is 10.2 Å². The molecule has 1 heterocycles. The molecule has 0 spiro atoms. The number of nitrogens with zero attached hydrogens (tertiary/aromatic N) is 2. The Morgan fingerprint density at radius 1 is 1.15 bits per heavy atom. The average Bonchev–Trinajstić information content (AvgIpc) is 2.62. The largest absolute Gasteiger partial charge is 0.478 e. The van der Waals surface area contributed by atoms with Crippen molar-refractivity contribution < 1.29 is 14.3 Å². The van der Waals surface area contributed by atoms with Gasteiger partial charge in [-0.05, 0) is 44.5 Å². The molecule has 0 bridgehead atoms. The molecule has 1 aliphatic rings. The van der Waals surface area contributed by atoms with E-state index in [1.54, 1.807) is 43.0 Å². The van der Waals surface area contributed by atoms with Gasteiger partial charge in [0, 0.05) is 37.7 Å². The quantitative estimate of drug-likeness (QED) is 0.786. The molecule has 0 saturated carbocycles. The normalized spacial score (nSPS) is 15.6. The summed E-state index contributed by atoms with van der Waals surface area (Å²) >= 11 is 5.88. The van der Waals surface area contributed by atoms with E-state index in [0.717, 1.165) is 6.42 Å². The minimum Gasteiger partial charge on any atom is -0.478 e. The zero-order valence-electron chi connectivity index (χ0n) is 15.8. The number of halogens is 1. The monoisotopic (exact) mass is 381 g/mol. The number of amides is 2. The standard InChI is InChI=1S/C19H28ClN3O3/c1-4-9-21-17(24)14-22-10-12-23(13-11-22)18(25)19(2,3)26-16-7-5-15(20)6-8-16/h5-8H,4,9-14H2,1-3H3,(H,21,24). The molecule has 1 fully saturated rings. The molecule has 0 radical (unpaired) electrons. The molecule has 0 aromatic heterocycles. The highest BCUT2D eigenvalue weighted by Gasteiger charge is 2.35. The van der Waals surface area contributed by atoms with Crippen LogP contribution >= 0.6 is 11.6 Å². The van der Waals surface area contributed by atoms with Gasteiger partial charge in [-0.3, -0.25) is 14.5 Å². The number of carbonyl (C=O) groups excluding carboxylic acids is 2. The van der Waals surface area contributed by atoms with Crippen LogP contribution in [0.3, 0.4) is 0 Å². The number of nitrogens with one attached hydrogen (secondary N) is 1. The molecule has 1 N–H and O–H groups in total. The summed E-state index contributed by atoms with van der Waals surface area (Å²) in [6, 6.07) is 6.98. The smallest absolute Gasteiger partial charge is 0.266 e. The lowest BCUT2D eigenvalue weighted by atomic mass is 10.1. The van der Waals surface area contributed by atoms with Crippen LogP contribution in [0.15, 0.2) is 24.3 Å². The first-order valence-corrected chi connectivity index (χ1v) is 9.42. The predicted octanol–water partition coefficient (Wildman–Crippen LogP) is 2.17. The van der Waals surface area contributed by atoms with Gasteiger partial charge in [0.25, 0.3) is 5.91 Å². The summed E-state index contributed by atoms with van der Waals surface area (Å²) in [5.41, 5.74) is -0.964. The lowest BCUT2D eigenvalue weighted by Crippen LogP contribution is -2.56. The van der Waals surface area contributed by atoms with Gasteiger partial charge in [-0.25, -0.2) is 0 Å². The van der Waals surface area contributed by atoms with Crippen molar-refractivity contribution in [3.8, 4) is 5.75 Å². The van der Waals surface area contributed by atoms with E-state index < -0.39 is 5.60 Å². The van der Waals surface area contributed by atoms with Crippen LogP contribution < -0.4 is 10.1 Å². The van der Waals surface area contributed by atoms with E-state index >= 15 is 0 Å². The van der Waals surface area contributed by atoms with Gasteiger partial charge in [0.2, 0.25) is 5.91 Å². The van der Waals surface area contributed by atoms with E-state index in [1.807, 2.05) is 6.92 Å². The number of benzene rings is 1. The van der Waals surface area contributed by atoms with Gasteiger partial charge in [-0.1, -0.05) is 18.5 Å². The van der Waals surface area contributed by atoms with Crippen LogP contribution in [0.1, 0.15) is 27.2 Å². The fourth-order valence-corrected chi connectivity index (χ4v) is 2.98. The van der Waals surface area contributed by atoms with Crippen molar-refractivity contribution in [2.45, 2.75) is 32.8 Å². The summed E-state index contributed by atoms with van der Waals surface area (Å²) in [4.78, 5) is 28.5. The average molecular weight is 382 g/mol. The van der Waals surface area contributed by atoms with E-state index in [0.29, 0.717) is 50.0 Å². The second-order valence-electron chi connectivity index (χ2n) is 6.98. The molecule has 1 saturated heterocycles. The Kier molecular flexibility index (Phi) is 7.29. The van der Waals surface area contributed by atoms with Gasteiger partial charge in [0.15, 0.2) is 5.60 Å². The molecule has 0 aliphatic carbocycles. The summed E-state index contributed by atoms with van der Waals surface area (Å²) in [5, 5.41) is 3.50. The maximum Gasteiger partial charge on any atom is 0.266 e. The van der Waals surface area contributed by atoms with Gasteiger partial charge in [0.1, 0.15) is 5.75 Å². The van der Waals surface area contributed by atoms with Gasteiger partial charge in [-0.15, -0.1) is 0 Å². The number of ether oxygens (including phenoxy) is 1. The van der Waals surface area contributed by atoms with Crippen LogP contribution in [-0.2, 0) is 9.59 Å². The Labute approximate surface area is 160 Å². The highest BCUT2D eigenvalue weighted by atomic mass is 35.5. The topological polar surface area (TPSA) is 61.9 Å². The van der Waals surface area contributed by atoms with E-state index in [1.165, 1.54) is 0 Å². The van der Waals surface area contributed by atoms with Crippen molar-refractivity contribution in [3.05, 3.63) is 29.3 Å². The molecule has 7 heteroatoms. The van der Waals surface area contributed by atoms with Crippen molar-refractivity contribution in [2.24, 2.45) is 0 Å². The number of carbonyl (C=O) groups is 2. The highest BCUT2D eigenvalue weighted by Crippen LogP contribution is 2.22. The molecule has 6 nitrogen and oxygen atoms in total. The maximum absolute atomic E-state index is 12.8. The van der Waals surface area contributed by atoms with Crippen LogP contribution in [0.25, 0.3) is 0 Å². The summed E-state index contributed by atoms with van der Waals surface area (Å²) in [5.74, 6) is 0.597. The van der Waals surface area contributed by atoms with Gasteiger partial charge in [0.05, 0.1) is 6.54 Å². The maximum atomic E-state index is 12.8. The number of hydrogen-bond donors (Lipinski definition) is 1. The third kappa shape index (κ3) is 5.88. The Bertz CT molecular complexity index is 611. The zero-order chi connectivity index (χ0) is 19.2. The molecule has 1 aliphatic heterocycles. The lowest BCUT2D eigenvalue weighted by Gasteiger charge is -2.38. The second kappa shape index (κ2) is 9.24. The Hall–Kier alpha value is -1.79. The molecule has 26 heavy (non-hydrogen) atoms. The zero-order valence-corrected chi connectivity index (χ0v) is 16.5. The van der Waals surface area contributed by atoms with E-state index in [-0.39, 0.29) is 11.8 Å². The summed E-state index contributed by atoms with van der Waals surface area (Å²) in [6.45, 7) is 9.20. The predicted molar refractivity (Wildman–Crippen MR) is 102 cm³/mol.